The number of aliphatic hydroxyl groups excluding tert-OH is 1. The Kier molecular flexibility index (Phi) is 59.4. The van der Waals surface area contributed by atoms with Crippen LogP contribution in [-0.2, 0) is 18.4 Å². The molecule has 3 atom stereocenters. The van der Waals surface area contributed by atoms with Crippen LogP contribution in [-0.4, -0.2) is 73.4 Å². The molecule has 0 aliphatic rings. The Morgan fingerprint density at radius 1 is 0.443 bits per heavy atom. The molecule has 0 rings (SSSR count). The monoisotopic (exact) mass is 1130 g/mol. The molecule has 464 valence electrons. The van der Waals surface area contributed by atoms with Gasteiger partial charge in [-0.2, -0.15) is 0 Å². The highest BCUT2D eigenvalue weighted by molar-refractivity contribution is 7.47. The van der Waals surface area contributed by atoms with Gasteiger partial charge in [0, 0.05) is 6.42 Å². The first kappa shape index (κ1) is 77.2. The van der Waals surface area contributed by atoms with Crippen molar-refractivity contribution in [2.45, 2.75) is 341 Å². The van der Waals surface area contributed by atoms with Crippen LogP contribution in [0.1, 0.15) is 328 Å². The second-order valence-corrected chi connectivity index (χ2v) is 26.0. The van der Waals surface area contributed by atoms with Gasteiger partial charge in [-0.05, 0) is 57.8 Å². The van der Waals surface area contributed by atoms with Crippen molar-refractivity contribution in [3.63, 3.8) is 0 Å². The van der Waals surface area contributed by atoms with Crippen LogP contribution in [0.25, 0.3) is 0 Å². The molecule has 79 heavy (non-hydrogen) atoms. The van der Waals surface area contributed by atoms with E-state index in [1.807, 2.05) is 21.1 Å². The third-order valence-electron chi connectivity index (χ3n) is 15.5. The predicted octanol–water partition coefficient (Wildman–Crippen LogP) is 21.6. The fourth-order valence-electron chi connectivity index (χ4n) is 10.3. The zero-order chi connectivity index (χ0) is 57.7. The van der Waals surface area contributed by atoms with Gasteiger partial charge in [0.2, 0.25) is 5.91 Å². The summed E-state index contributed by atoms with van der Waals surface area (Å²) in [6, 6.07) is -0.761. The van der Waals surface area contributed by atoms with Crippen molar-refractivity contribution in [1.29, 1.82) is 0 Å². The molecule has 0 aliphatic heterocycles. The van der Waals surface area contributed by atoms with Crippen LogP contribution < -0.4 is 5.32 Å². The summed E-state index contributed by atoms with van der Waals surface area (Å²) in [5, 5.41) is 14.1. The maximum atomic E-state index is 13.1. The van der Waals surface area contributed by atoms with E-state index >= 15 is 0 Å². The topological polar surface area (TPSA) is 105 Å². The Balaban J connectivity index is 3.96. The molecule has 0 aromatic carbocycles. The minimum absolute atomic E-state index is 0.0759. The number of phosphoric ester groups is 1. The van der Waals surface area contributed by atoms with Crippen molar-refractivity contribution in [3.8, 4) is 0 Å². The van der Waals surface area contributed by atoms with Crippen molar-refractivity contribution >= 4 is 13.7 Å². The summed E-state index contributed by atoms with van der Waals surface area (Å²) in [6.45, 7) is 4.82. The molecule has 0 bridgehead atoms. The summed E-state index contributed by atoms with van der Waals surface area (Å²) in [4.78, 5) is 23.4. The van der Waals surface area contributed by atoms with E-state index in [0.717, 1.165) is 70.6 Å². The first-order valence-corrected chi connectivity index (χ1v) is 35.6. The number of hydrogen-bond donors (Lipinski definition) is 3. The van der Waals surface area contributed by atoms with Gasteiger partial charge >= 0.3 is 7.82 Å². The number of unbranched alkanes of at least 4 members (excludes halogenated alkanes) is 40. The molecule has 0 aromatic heterocycles. The lowest BCUT2D eigenvalue weighted by atomic mass is 10.0. The summed E-state index contributed by atoms with van der Waals surface area (Å²) < 4.78 is 23.9. The minimum Gasteiger partial charge on any atom is -0.391 e. The third-order valence-corrected chi connectivity index (χ3v) is 16.5. The Morgan fingerprint density at radius 2 is 0.759 bits per heavy atom. The number of quaternary nitrogens is 1. The van der Waals surface area contributed by atoms with Crippen molar-refractivity contribution < 1.29 is 32.9 Å². The summed E-state index contributed by atoms with van der Waals surface area (Å²) in [6.07, 6.45) is 83.2. The number of carbonyl (C=O) groups excluding carboxylic acids is 1. The van der Waals surface area contributed by atoms with E-state index in [1.165, 1.54) is 231 Å². The highest BCUT2D eigenvalue weighted by atomic mass is 31.2. The summed E-state index contributed by atoms with van der Waals surface area (Å²) >= 11 is 0. The number of nitrogens with zero attached hydrogens (tertiary/aromatic N) is 1. The molecule has 1 amide bonds. The number of rotatable bonds is 63. The number of likely N-dealkylation sites (N-methyl/N-ethyl adjacent to an activating group) is 1. The van der Waals surface area contributed by atoms with Crippen molar-refractivity contribution in [1.82, 2.24) is 5.32 Å². The van der Waals surface area contributed by atoms with Gasteiger partial charge < -0.3 is 19.8 Å². The molecule has 0 fully saturated rings. The highest BCUT2D eigenvalue weighted by Crippen LogP contribution is 2.43. The molecular formula is C70H134N2O6P+. The van der Waals surface area contributed by atoms with E-state index in [0.29, 0.717) is 23.9 Å². The van der Waals surface area contributed by atoms with Gasteiger partial charge in [-0.15, -0.1) is 0 Å². The number of nitrogens with one attached hydrogen (secondary N) is 1. The Morgan fingerprint density at radius 3 is 1.11 bits per heavy atom. The van der Waals surface area contributed by atoms with Crippen LogP contribution in [0.4, 0.5) is 0 Å². The Bertz CT molecular complexity index is 1470. The van der Waals surface area contributed by atoms with Crippen molar-refractivity contribution in [3.05, 3.63) is 60.8 Å². The first-order valence-electron chi connectivity index (χ1n) is 34.2. The van der Waals surface area contributed by atoms with Gasteiger partial charge in [0.1, 0.15) is 13.2 Å². The highest BCUT2D eigenvalue weighted by Gasteiger charge is 2.28. The van der Waals surface area contributed by atoms with Gasteiger partial charge in [-0.25, -0.2) is 4.57 Å². The largest absolute Gasteiger partial charge is 0.472 e. The fraction of sp³-hybridized carbons (Fsp3) is 0.843. The normalized spacial score (nSPS) is 14.1. The first-order chi connectivity index (χ1) is 38.5. The molecule has 0 heterocycles. The van der Waals surface area contributed by atoms with Crippen LogP contribution in [0.15, 0.2) is 60.8 Å². The molecule has 0 aromatic rings. The lowest BCUT2D eigenvalue weighted by Gasteiger charge is -2.26. The summed E-state index contributed by atoms with van der Waals surface area (Å²) in [5.41, 5.74) is 0. The molecule has 8 nitrogen and oxygen atoms in total. The number of hydrogen-bond acceptors (Lipinski definition) is 5. The van der Waals surface area contributed by atoms with Gasteiger partial charge in [0.05, 0.1) is 39.9 Å². The second-order valence-electron chi connectivity index (χ2n) is 24.5. The van der Waals surface area contributed by atoms with Gasteiger partial charge in [-0.3, -0.25) is 13.8 Å². The lowest BCUT2D eigenvalue weighted by Crippen LogP contribution is -2.46. The number of phosphoric acid groups is 1. The molecule has 3 unspecified atom stereocenters. The van der Waals surface area contributed by atoms with Crippen LogP contribution >= 0.6 is 7.82 Å². The van der Waals surface area contributed by atoms with Gasteiger partial charge in [-0.1, -0.05) is 325 Å². The Labute approximate surface area is 492 Å². The van der Waals surface area contributed by atoms with Crippen LogP contribution in [0, 0.1) is 0 Å². The van der Waals surface area contributed by atoms with E-state index in [9.17, 15) is 19.4 Å². The molecule has 0 radical (unpaired) electrons. The van der Waals surface area contributed by atoms with Crippen LogP contribution in [0.5, 0.6) is 0 Å². The summed E-state index contributed by atoms with van der Waals surface area (Å²) in [7, 11) is 1.63. The molecular weight excluding hydrogens is 996 g/mol. The molecule has 9 heteroatoms. The van der Waals surface area contributed by atoms with Gasteiger partial charge in [0.25, 0.3) is 0 Å². The number of allylic oxidation sites excluding steroid dienone is 10. The maximum absolute atomic E-state index is 13.1. The SMILES string of the molecule is CC/C=C\C/C=C\C/C=C\C/C=C\C/C=C\CCCCCCCCCCCCCCCCCCCCCCCC(=O)NC(COP(=O)(O)OCC[N+](C)(C)C)C(O)CCCCCCCCCCCCCCCCCCCCCC. The molecule has 0 spiro atoms. The maximum Gasteiger partial charge on any atom is 0.472 e. The van der Waals surface area contributed by atoms with Crippen LogP contribution in [0.3, 0.4) is 0 Å². The molecule has 3 N–H and O–H groups in total. The molecule has 0 saturated carbocycles. The fourth-order valence-corrected chi connectivity index (χ4v) is 11.0. The lowest BCUT2D eigenvalue weighted by molar-refractivity contribution is -0.870. The number of aliphatic hydroxyl groups is 1. The van der Waals surface area contributed by atoms with Gasteiger partial charge in [0.15, 0.2) is 0 Å². The smallest absolute Gasteiger partial charge is 0.391 e. The predicted molar refractivity (Wildman–Crippen MR) is 346 cm³/mol. The standard InChI is InChI=1S/C70H133N2O6P/c1-6-8-10-12-14-16-18-20-22-24-26-28-29-30-31-32-33-34-35-36-37-38-39-40-41-42-43-44-46-48-50-52-54-56-58-60-62-64-70(74)71-68(67-78-79(75,76)77-66-65-72(3,4)5)69(73)63-61-59-57-55-53-51-49-47-45-27-25-23-21-19-17-15-13-11-9-7-2/h8,10,14,16,20,22,26,28,30-31,68-69,73H,6-7,9,11-13,15,17-19,21,23-25,27,29,32-67H2,1-5H3,(H-,71,74,75,76)/p+1/b10-8-,16-14-,22-20-,28-26-,31-30-. The average molecular weight is 1130 g/mol. The van der Waals surface area contributed by atoms with Crippen molar-refractivity contribution in [2.24, 2.45) is 0 Å². The van der Waals surface area contributed by atoms with Crippen LogP contribution in [0.2, 0.25) is 0 Å². The van der Waals surface area contributed by atoms with E-state index in [1.54, 1.807) is 0 Å². The molecule has 0 aliphatic carbocycles. The average Bonchev–Trinajstić information content (AvgIpc) is 3.42. The summed E-state index contributed by atoms with van der Waals surface area (Å²) in [5.74, 6) is -0.139. The van der Waals surface area contributed by atoms with Crippen molar-refractivity contribution in [2.75, 3.05) is 40.9 Å². The van der Waals surface area contributed by atoms with E-state index in [4.69, 9.17) is 9.05 Å². The number of amides is 1. The second kappa shape index (κ2) is 60.8. The zero-order valence-corrected chi connectivity index (χ0v) is 54.0. The zero-order valence-electron chi connectivity index (χ0n) is 53.1. The third kappa shape index (κ3) is 63.6. The van der Waals surface area contributed by atoms with E-state index in [2.05, 4.69) is 79.9 Å². The molecule has 0 saturated heterocycles. The number of carbonyl (C=O) groups is 1. The minimum atomic E-state index is -4.33. The van der Waals surface area contributed by atoms with E-state index < -0.39 is 20.0 Å². The van der Waals surface area contributed by atoms with E-state index in [-0.39, 0.29) is 19.1 Å². The quantitative estimate of drug-likeness (QED) is 0.0243. The Hall–Kier alpha value is -1.80.